The number of non-ortho nitro benzene ring substituents is 1. The summed E-state index contributed by atoms with van der Waals surface area (Å²) in [7, 11) is 1.53. The van der Waals surface area contributed by atoms with Gasteiger partial charge in [-0.1, -0.05) is 6.58 Å². The highest BCUT2D eigenvalue weighted by Crippen LogP contribution is 2.36. The number of esters is 1. The Balaban J connectivity index is 1.69. The first-order chi connectivity index (χ1) is 18.7. The van der Waals surface area contributed by atoms with E-state index >= 15 is 0 Å². The van der Waals surface area contributed by atoms with Gasteiger partial charge in [-0.2, -0.15) is 15.3 Å². The Bertz CT molecular complexity index is 1380. The van der Waals surface area contributed by atoms with E-state index in [0.717, 1.165) is 17.8 Å². The summed E-state index contributed by atoms with van der Waals surface area (Å²) in [6.07, 6.45) is 0. The van der Waals surface area contributed by atoms with E-state index in [1.54, 1.807) is 19.1 Å². The molecular weight excluding hydrogens is 500 g/mol. The van der Waals surface area contributed by atoms with Crippen molar-refractivity contribution in [2.45, 2.75) is 20.8 Å². The minimum atomic E-state index is -0.468. The number of hydrogen-bond acceptors (Lipinski definition) is 10. The monoisotopic (exact) mass is 530 g/mol. The lowest BCUT2D eigenvalue weighted by Crippen LogP contribution is -2.28. The Hall–Kier alpha value is -4.93. The Morgan fingerprint density at radius 1 is 0.974 bits per heavy atom. The molecule has 3 aromatic carbocycles. The van der Waals surface area contributed by atoms with Crippen LogP contribution < -0.4 is 9.64 Å². The van der Waals surface area contributed by atoms with Crippen LogP contribution in [0.3, 0.4) is 0 Å². The van der Waals surface area contributed by atoms with Gasteiger partial charge in [0.15, 0.2) is 0 Å². The minimum absolute atomic E-state index is 0.0135. The summed E-state index contributed by atoms with van der Waals surface area (Å²) in [6, 6.07) is 16.9. The van der Waals surface area contributed by atoms with Crippen LogP contribution in [0.5, 0.6) is 5.75 Å². The number of azo groups is 2. The number of benzene rings is 3. The van der Waals surface area contributed by atoms with Gasteiger partial charge in [-0.15, -0.1) is 5.11 Å². The molecule has 0 spiro atoms. The number of carbonyl (C=O) groups excluding carboxylic acids is 1. The molecule has 3 aromatic rings. The molecule has 0 aliphatic heterocycles. The van der Waals surface area contributed by atoms with Crippen molar-refractivity contribution in [3.63, 3.8) is 0 Å². The molecule has 0 fully saturated rings. The first-order valence-corrected chi connectivity index (χ1v) is 12.2. The van der Waals surface area contributed by atoms with Crippen molar-refractivity contribution in [2.75, 3.05) is 31.7 Å². The van der Waals surface area contributed by atoms with Crippen molar-refractivity contribution in [1.82, 2.24) is 0 Å². The van der Waals surface area contributed by atoms with Crippen molar-refractivity contribution in [1.29, 1.82) is 0 Å². The van der Waals surface area contributed by atoms with Gasteiger partial charge in [0.2, 0.25) is 0 Å². The third-order valence-corrected chi connectivity index (χ3v) is 5.64. The van der Waals surface area contributed by atoms with Gasteiger partial charge in [-0.3, -0.25) is 10.1 Å². The van der Waals surface area contributed by atoms with E-state index in [1.165, 1.54) is 31.4 Å². The predicted octanol–water partition coefficient (Wildman–Crippen LogP) is 7.69. The quantitative estimate of drug-likeness (QED) is 0.0775. The Morgan fingerprint density at radius 2 is 1.56 bits per heavy atom. The summed E-state index contributed by atoms with van der Waals surface area (Å²) in [5, 5.41) is 27.9. The molecule has 0 N–H and O–H groups in total. The van der Waals surface area contributed by atoms with Gasteiger partial charge in [-0.25, -0.2) is 4.79 Å². The van der Waals surface area contributed by atoms with Gasteiger partial charge in [0.25, 0.3) is 5.69 Å². The maximum atomic E-state index is 11.6. The van der Waals surface area contributed by atoms with Crippen LogP contribution in [-0.4, -0.2) is 37.7 Å². The van der Waals surface area contributed by atoms with E-state index in [1.807, 2.05) is 38.1 Å². The maximum Gasteiger partial charge on any atom is 0.333 e. The fourth-order valence-corrected chi connectivity index (χ4v) is 3.45. The second-order valence-corrected chi connectivity index (χ2v) is 8.50. The van der Waals surface area contributed by atoms with E-state index in [0.29, 0.717) is 40.6 Å². The van der Waals surface area contributed by atoms with Crippen molar-refractivity contribution >= 4 is 40.1 Å². The van der Waals surface area contributed by atoms with E-state index in [4.69, 9.17) is 9.47 Å². The van der Waals surface area contributed by atoms with Gasteiger partial charge in [0.05, 0.1) is 35.6 Å². The van der Waals surface area contributed by atoms with E-state index < -0.39 is 10.9 Å². The fourth-order valence-electron chi connectivity index (χ4n) is 3.45. The number of ether oxygens (including phenoxy) is 2. The number of aryl methyl sites for hydroxylation is 1. The number of hydrogen-bond donors (Lipinski definition) is 0. The Kier molecular flexibility index (Phi) is 9.96. The van der Waals surface area contributed by atoms with Crippen molar-refractivity contribution in [3.05, 3.63) is 88.5 Å². The molecule has 0 saturated carbocycles. The van der Waals surface area contributed by atoms with E-state index in [2.05, 4.69) is 31.9 Å². The van der Waals surface area contributed by atoms with Crippen LogP contribution in [-0.2, 0) is 9.53 Å². The van der Waals surface area contributed by atoms with Crippen molar-refractivity contribution in [3.8, 4) is 5.75 Å². The second-order valence-electron chi connectivity index (χ2n) is 8.50. The number of rotatable bonds is 12. The molecule has 0 aromatic heterocycles. The lowest BCUT2D eigenvalue weighted by molar-refractivity contribution is -0.384. The van der Waals surface area contributed by atoms with Gasteiger partial charge in [-0.05, 0) is 68.8 Å². The zero-order valence-corrected chi connectivity index (χ0v) is 22.3. The van der Waals surface area contributed by atoms with Crippen LogP contribution in [0.15, 0.2) is 93.3 Å². The summed E-state index contributed by atoms with van der Waals surface area (Å²) in [5.74, 6) is 0.0770. The largest absolute Gasteiger partial charge is 0.494 e. The van der Waals surface area contributed by atoms with Crippen LogP contribution in [0, 0.1) is 17.0 Å². The predicted molar refractivity (Wildman–Crippen MR) is 149 cm³/mol. The number of carbonyl (C=O) groups is 1. The number of nitrogens with zero attached hydrogens (tertiary/aromatic N) is 6. The molecule has 0 radical (unpaired) electrons. The van der Waals surface area contributed by atoms with Crippen LogP contribution in [0.2, 0.25) is 0 Å². The number of likely N-dealkylation sites (N-methyl/N-ethyl adjacent to an activating group) is 1. The van der Waals surface area contributed by atoms with Gasteiger partial charge < -0.3 is 14.4 Å². The highest BCUT2D eigenvalue weighted by molar-refractivity contribution is 5.86. The molecule has 3 rings (SSSR count). The molecule has 0 aliphatic rings. The zero-order valence-electron chi connectivity index (χ0n) is 22.3. The zero-order chi connectivity index (χ0) is 28.4. The molecule has 0 saturated heterocycles. The van der Waals surface area contributed by atoms with E-state index in [-0.39, 0.29) is 12.3 Å². The molecular formula is C28H30N6O5. The summed E-state index contributed by atoms with van der Waals surface area (Å²) < 4.78 is 10.7. The second kappa shape index (κ2) is 13.6. The lowest BCUT2D eigenvalue weighted by Gasteiger charge is -2.22. The van der Waals surface area contributed by atoms with E-state index in [9.17, 15) is 14.9 Å². The average molecular weight is 531 g/mol. The number of methoxy groups -OCH3 is 1. The SMILES string of the molecule is C=C(C)C(=O)OCCN(CC)c1ccc(/N=N/c2cc(C)c(/N=N/c3ccc([N+](=O)[O-])cc3)cc2OC)cc1. The Morgan fingerprint density at radius 3 is 2.10 bits per heavy atom. The number of anilines is 1. The van der Waals surface area contributed by atoms with Crippen molar-refractivity contribution in [2.24, 2.45) is 20.5 Å². The first-order valence-electron chi connectivity index (χ1n) is 12.2. The highest BCUT2D eigenvalue weighted by Gasteiger charge is 2.10. The van der Waals surface area contributed by atoms with Gasteiger partial charge in [0.1, 0.15) is 18.0 Å². The summed E-state index contributed by atoms with van der Waals surface area (Å²) in [6.45, 7) is 10.7. The summed E-state index contributed by atoms with van der Waals surface area (Å²) in [5.41, 5.74) is 4.38. The Labute approximate surface area is 226 Å². The fraction of sp³-hybridized carbons (Fsp3) is 0.250. The van der Waals surface area contributed by atoms with Crippen molar-refractivity contribution < 1.29 is 19.2 Å². The smallest absolute Gasteiger partial charge is 0.333 e. The maximum absolute atomic E-state index is 11.6. The molecule has 11 heteroatoms. The van der Waals surface area contributed by atoms with Crippen LogP contribution in [0.1, 0.15) is 19.4 Å². The number of nitro groups is 1. The number of nitro benzene ring substituents is 1. The van der Waals surface area contributed by atoms with Gasteiger partial charge in [0, 0.05) is 36.0 Å². The van der Waals surface area contributed by atoms with Crippen LogP contribution >= 0.6 is 0 Å². The highest BCUT2D eigenvalue weighted by atomic mass is 16.6. The lowest BCUT2D eigenvalue weighted by atomic mass is 10.1. The molecule has 0 aliphatic carbocycles. The molecule has 202 valence electrons. The average Bonchev–Trinajstić information content (AvgIpc) is 2.94. The van der Waals surface area contributed by atoms with Crippen LogP contribution in [0.25, 0.3) is 0 Å². The molecule has 0 atom stereocenters. The molecule has 0 amide bonds. The summed E-state index contributed by atoms with van der Waals surface area (Å²) >= 11 is 0. The standard InChI is InChI=1S/C28H30N6O5/c1-6-33(15-16-39-28(35)19(2)3)23-11-7-21(8-12-23)30-32-26-17-20(4)25(18-27(26)38-5)31-29-22-9-13-24(14-10-22)34(36)37/h7-14,17-18H,2,6,15-16H2,1,3-5H3/b31-29+,32-30+. The summed E-state index contributed by atoms with van der Waals surface area (Å²) in [4.78, 5) is 24.0. The van der Waals surface area contributed by atoms with Gasteiger partial charge >= 0.3 is 5.97 Å². The molecule has 0 bridgehead atoms. The third-order valence-electron chi connectivity index (χ3n) is 5.64. The molecule has 11 nitrogen and oxygen atoms in total. The minimum Gasteiger partial charge on any atom is -0.494 e. The molecule has 0 heterocycles. The molecule has 39 heavy (non-hydrogen) atoms. The van der Waals surface area contributed by atoms with Crippen LogP contribution in [0.4, 0.5) is 34.1 Å². The normalized spacial score (nSPS) is 11.1. The molecule has 0 unspecified atom stereocenters. The topological polar surface area (TPSA) is 131 Å². The first kappa shape index (κ1) is 28.6. The third kappa shape index (κ3) is 8.03.